The third-order valence-electron chi connectivity index (χ3n) is 2.80. The third-order valence-corrected chi connectivity index (χ3v) is 3.35. The minimum Gasteiger partial charge on any atom is -0.300 e. The molecule has 0 aliphatic rings. The van der Waals surface area contributed by atoms with Crippen LogP contribution in [0.1, 0.15) is 19.0 Å². The highest BCUT2D eigenvalue weighted by Gasteiger charge is 2.09. The van der Waals surface area contributed by atoms with Gasteiger partial charge in [-0.3, -0.25) is 9.36 Å². The van der Waals surface area contributed by atoms with E-state index in [9.17, 15) is 9.59 Å². The summed E-state index contributed by atoms with van der Waals surface area (Å²) in [5.41, 5.74) is -0.370. The Kier molecular flexibility index (Phi) is 4.62. The lowest BCUT2D eigenvalue weighted by Gasteiger charge is -2.09. The average Bonchev–Trinajstić information content (AvgIpc) is 2.42. The first-order valence-corrected chi connectivity index (χ1v) is 6.89. The summed E-state index contributed by atoms with van der Waals surface area (Å²) < 4.78 is 2.58. The van der Waals surface area contributed by atoms with Gasteiger partial charge in [-0.1, -0.05) is 30.1 Å². The molecule has 2 heterocycles. The van der Waals surface area contributed by atoms with Crippen molar-refractivity contribution in [1.29, 1.82) is 0 Å². The number of hydrogen-bond donors (Lipinski definition) is 0. The predicted octanol–water partition coefficient (Wildman–Crippen LogP) is 2.17. The van der Waals surface area contributed by atoms with Gasteiger partial charge < -0.3 is 4.57 Å². The molecule has 2 aromatic heterocycles. The number of rotatable bonds is 4. The molecule has 20 heavy (non-hydrogen) atoms. The number of hydrogen-bond acceptors (Lipinski definition) is 3. The molecule has 0 radical (unpaired) electrons. The van der Waals surface area contributed by atoms with E-state index in [4.69, 9.17) is 23.2 Å². The van der Waals surface area contributed by atoms with Gasteiger partial charge in [0.1, 0.15) is 5.15 Å². The van der Waals surface area contributed by atoms with Gasteiger partial charge in [0, 0.05) is 18.8 Å². The van der Waals surface area contributed by atoms with Crippen LogP contribution in [0.2, 0.25) is 10.2 Å². The van der Waals surface area contributed by atoms with Crippen LogP contribution in [-0.4, -0.2) is 14.1 Å². The second-order valence-corrected chi connectivity index (χ2v) is 5.07. The second-order valence-electron chi connectivity index (χ2n) is 4.28. The first-order chi connectivity index (χ1) is 9.52. The number of nitrogens with zero attached hydrogens (tertiary/aromatic N) is 3. The van der Waals surface area contributed by atoms with E-state index in [1.165, 1.54) is 16.8 Å². The van der Waals surface area contributed by atoms with E-state index in [0.29, 0.717) is 17.3 Å². The molecule has 2 aromatic rings. The van der Waals surface area contributed by atoms with Crippen LogP contribution in [0.5, 0.6) is 0 Å². The number of halogens is 2. The van der Waals surface area contributed by atoms with E-state index in [1.54, 1.807) is 12.1 Å². The molecule has 0 saturated heterocycles. The van der Waals surface area contributed by atoms with E-state index in [0.717, 1.165) is 11.0 Å². The topological polar surface area (TPSA) is 56.9 Å². The molecule has 7 heteroatoms. The van der Waals surface area contributed by atoms with Gasteiger partial charge in [0.15, 0.2) is 0 Å². The van der Waals surface area contributed by atoms with Crippen molar-refractivity contribution in [2.45, 2.75) is 26.4 Å². The van der Waals surface area contributed by atoms with Crippen molar-refractivity contribution in [3.05, 3.63) is 61.1 Å². The summed E-state index contributed by atoms with van der Waals surface area (Å²) in [6.07, 6.45) is 2.30. The molecule has 5 nitrogen and oxygen atoms in total. The Balaban J connectivity index is 2.48. The molecule has 0 aliphatic heterocycles. The SMILES string of the molecule is CCCn1ccc(=O)n(Cc2nc(Cl)ccc2Cl)c1=O. The summed E-state index contributed by atoms with van der Waals surface area (Å²) in [6.45, 7) is 2.51. The summed E-state index contributed by atoms with van der Waals surface area (Å²) >= 11 is 11.8. The van der Waals surface area contributed by atoms with Crippen molar-refractivity contribution in [2.75, 3.05) is 0 Å². The fourth-order valence-corrected chi connectivity index (χ4v) is 2.16. The molecule has 0 aliphatic carbocycles. The van der Waals surface area contributed by atoms with Crippen molar-refractivity contribution in [2.24, 2.45) is 0 Å². The molecule has 0 unspecified atom stereocenters. The van der Waals surface area contributed by atoms with Crippen molar-refractivity contribution in [3.63, 3.8) is 0 Å². The zero-order valence-corrected chi connectivity index (χ0v) is 12.4. The molecule has 0 fully saturated rings. The van der Waals surface area contributed by atoms with Crippen LogP contribution < -0.4 is 11.2 Å². The summed E-state index contributed by atoms with van der Waals surface area (Å²) in [5.74, 6) is 0. The highest BCUT2D eigenvalue weighted by Crippen LogP contribution is 2.16. The Hall–Kier alpha value is -1.59. The van der Waals surface area contributed by atoms with Gasteiger partial charge in [0.2, 0.25) is 0 Å². The summed E-state index contributed by atoms with van der Waals surface area (Å²) in [6, 6.07) is 4.50. The van der Waals surface area contributed by atoms with Gasteiger partial charge in [0.05, 0.1) is 17.3 Å². The third kappa shape index (κ3) is 3.11. The van der Waals surface area contributed by atoms with Crippen molar-refractivity contribution in [1.82, 2.24) is 14.1 Å². The first-order valence-electron chi connectivity index (χ1n) is 6.14. The molecule has 0 amide bonds. The Morgan fingerprint density at radius 2 is 1.95 bits per heavy atom. The molecular weight excluding hydrogens is 301 g/mol. The minimum absolute atomic E-state index is 0.00160. The van der Waals surface area contributed by atoms with E-state index in [1.807, 2.05) is 6.92 Å². The van der Waals surface area contributed by atoms with Gasteiger partial charge in [-0.05, 0) is 18.6 Å². The molecule has 106 valence electrons. The number of aromatic nitrogens is 3. The highest BCUT2D eigenvalue weighted by atomic mass is 35.5. The first kappa shape index (κ1) is 14.8. The molecule has 0 N–H and O–H groups in total. The number of aryl methyl sites for hydroxylation is 1. The van der Waals surface area contributed by atoms with Crippen LogP contribution in [0, 0.1) is 0 Å². The minimum atomic E-state index is -0.389. The second kappa shape index (κ2) is 6.24. The Bertz CT molecular complexity index is 737. The number of pyridine rings is 1. The quantitative estimate of drug-likeness (QED) is 0.813. The van der Waals surface area contributed by atoms with Gasteiger partial charge in [0.25, 0.3) is 5.56 Å². The molecule has 2 rings (SSSR count). The predicted molar refractivity (Wildman–Crippen MR) is 78.6 cm³/mol. The zero-order valence-electron chi connectivity index (χ0n) is 10.8. The van der Waals surface area contributed by atoms with E-state index in [-0.39, 0.29) is 22.9 Å². The van der Waals surface area contributed by atoms with Gasteiger partial charge in [-0.25, -0.2) is 9.78 Å². The molecule has 0 bridgehead atoms. The van der Waals surface area contributed by atoms with Crippen LogP contribution in [-0.2, 0) is 13.1 Å². The lowest BCUT2D eigenvalue weighted by Crippen LogP contribution is -2.39. The standard InChI is InChI=1S/C13H13Cl2N3O2/c1-2-6-17-7-5-12(19)18(13(17)20)8-10-9(14)3-4-11(15)16-10/h3-5,7H,2,6,8H2,1H3. The van der Waals surface area contributed by atoms with Crippen LogP contribution in [0.4, 0.5) is 0 Å². The monoisotopic (exact) mass is 313 g/mol. The lowest BCUT2D eigenvalue weighted by atomic mass is 10.3. The Labute approximate surface area is 125 Å². The van der Waals surface area contributed by atoms with E-state index in [2.05, 4.69) is 4.98 Å². The maximum Gasteiger partial charge on any atom is 0.331 e. The van der Waals surface area contributed by atoms with Crippen LogP contribution in [0.3, 0.4) is 0 Å². The maximum absolute atomic E-state index is 12.2. The summed E-state index contributed by atoms with van der Waals surface area (Å²) in [7, 11) is 0. The smallest absolute Gasteiger partial charge is 0.300 e. The fourth-order valence-electron chi connectivity index (χ4n) is 1.83. The van der Waals surface area contributed by atoms with Crippen LogP contribution >= 0.6 is 23.2 Å². The largest absolute Gasteiger partial charge is 0.331 e. The van der Waals surface area contributed by atoms with E-state index >= 15 is 0 Å². The lowest BCUT2D eigenvalue weighted by molar-refractivity contribution is 0.567. The van der Waals surface area contributed by atoms with Gasteiger partial charge in [-0.15, -0.1) is 0 Å². The molecular formula is C13H13Cl2N3O2. The summed E-state index contributed by atoms with van der Waals surface area (Å²) in [4.78, 5) is 28.1. The van der Waals surface area contributed by atoms with Crippen molar-refractivity contribution in [3.8, 4) is 0 Å². The van der Waals surface area contributed by atoms with Gasteiger partial charge >= 0.3 is 5.69 Å². The Morgan fingerprint density at radius 3 is 2.65 bits per heavy atom. The van der Waals surface area contributed by atoms with Gasteiger partial charge in [-0.2, -0.15) is 0 Å². The highest BCUT2D eigenvalue weighted by molar-refractivity contribution is 6.32. The van der Waals surface area contributed by atoms with Crippen molar-refractivity contribution < 1.29 is 0 Å². The van der Waals surface area contributed by atoms with E-state index < -0.39 is 0 Å². The zero-order chi connectivity index (χ0) is 14.7. The molecule has 0 atom stereocenters. The maximum atomic E-state index is 12.2. The van der Waals surface area contributed by atoms with Crippen LogP contribution in [0.25, 0.3) is 0 Å². The van der Waals surface area contributed by atoms with Crippen LogP contribution in [0.15, 0.2) is 34.0 Å². The Morgan fingerprint density at radius 1 is 1.20 bits per heavy atom. The molecule has 0 saturated carbocycles. The molecule has 0 aromatic carbocycles. The normalized spacial score (nSPS) is 10.8. The average molecular weight is 314 g/mol. The summed E-state index contributed by atoms with van der Waals surface area (Å²) in [5, 5.41) is 0.633. The fraction of sp³-hybridized carbons (Fsp3) is 0.308. The molecule has 0 spiro atoms. The van der Waals surface area contributed by atoms with Crippen molar-refractivity contribution >= 4 is 23.2 Å².